The minimum absolute atomic E-state index is 0.155. The number of nitrogens with one attached hydrogen (secondary N) is 1. The van der Waals surface area contributed by atoms with Gasteiger partial charge < -0.3 is 5.32 Å². The van der Waals surface area contributed by atoms with Gasteiger partial charge in [0, 0.05) is 0 Å². The van der Waals surface area contributed by atoms with Gasteiger partial charge in [0.15, 0.2) is 0 Å². The van der Waals surface area contributed by atoms with Crippen molar-refractivity contribution in [3.63, 3.8) is 0 Å². The lowest BCUT2D eigenvalue weighted by Crippen LogP contribution is -2.50. The van der Waals surface area contributed by atoms with E-state index in [1.54, 1.807) is 4.68 Å². The van der Waals surface area contributed by atoms with Crippen LogP contribution in [-0.4, -0.2) is 36.9 Å². The number of hydrogen-bond acceptors (Lipinski definition) is 6. The van der Waals surface area contributed by atoms with E-state index in [9.17, 15) is 10.1 Å². The van der Waals surface area contributed by atoms with E-state index >= 15 is 0 Å². The third kappa shape index (κ3) is 4.05. The predicted octanol–water partition coefficient (Wildman–Crippen LogP) is 2.79. The number of carbonyl (C=O) groups excluding carboxylic acids is 1. The molecule has 7 nitrogen and oxygen atoms in total. The van der Waals surface area contributed by atoms with Gasteiger partial charge >= 0.3 is 0 Å². The van der Waals surface area contributed by atoms with Crippen molar-refractivity contribution < 1.29 is 4.79 Å². The minimum atomic E-state index is -0.730. The number of carbonyl (C=O) groups is 1. The first-order valence-corrected chi connectivity index (χ1v) is 9.66. The van der Waals surface area contributed by atoms with Crippen LogP contribution in [0.1, 0.15) is 44.6 Å². The Morgan fingerprint density at radius 3 is 2.85 bits per heavy atom. The molecular weight excluding hydrogens is 348 g/mol. The number of nitrogens with zero attached hydrogens (tertiary/aromatic N) is 5. The SMILES string of the molecule is Cc1cccc(-n2nnnc2S[C@@H](C)C(=O)NC2(C#N)CCCCC2)c1. The van der Waals surface area contributed by atoms with E-state index in [0.717, 1.165) is 30.5 Å². The Bertz CT molecular complexity index is 821. The van der Waals surface area contributed by atoms with Gasteiger partial charge in [0.25, 0.3) is 0 Å². The summed E-state index contributed by atoms with van der Waals surface area (Å²) in [4.78, 5) is 12.6. The van der Waals surface area contributed by atoms with Crippen LogP contribution >= 0.6 is 11.8 Å². The predicted molar refractivity (Wildman–Crippen MR) is 98.8 cm³/mol. The van der Waals surface area contributed by atoms with Crippen LogP contribution in [0.25, 0.3) is 5.69 Å². The number of aryl methyl sites for hydroxylation is 1. The topological polar surface area (TPSA) is 96.5 Å². The summed E-state index contributed by atoms with van der Waals surface area (Å²) in [6.07, 6.45) is 4.50. The number of rotatable bonds is 5. The molecule has 2 aromatic rings. The van der Waals surface area contributed by atoms with Gasteiger partial charge in [-0.3, -0.25) is 4.79 Å². The molecule has 1 atom stereocenters. The molecule has 1 amide bonds. The highest BCUT2D eigenvalue weighted by Gasteiger charge is 2.35. The van der Waals surface area contributed by atoms with Crippen LogP contribution in [0.2, 0.25) is 0 Å². The van der Waals surface area contributed by atoms with Gasteiger partial charge in [-0.05, 0) is 54.8 Å². The van der Waals surface area contributed by atoms with E-state index in [1.807, 2.05) is 38.1 Å². The fourth-order valence-corrected chi connectivity index (χ4v) is 3.95. The highest BCUT2D eigenvalue weighted by atomic mass is 32.2. The number of amides is 1. The monoisotopic (exact) mass is 370 g/mol. The molecule has 1 saturated carbocycles. The zero-order valence-electron chi connectivity index (χ0n) is 15.0. The van der Waals surface area contributed by atoms with Crippen molar-refractivity contribution >= 4 is 17.7 Å². The molecule has 1 fully saturated rings. The standard InChI is InChI=1S/C18H22N6OS/c1-13-7-6-8-15(11-13)24-17(21-22-23-24)26-14(2)16(25)20-18(12-19)9-4-3-5-10-18/h6-8,11,14H,3-5,9-10H2,1-2H3,(H,20,25)/t14-/m0/s1. The van der Waals surface area contributed by atoms with Crippen LogP contribution in [-0.2, 0) is 4.79 Å². The highest BCUT2D eigenvalue weighted by molar-refractivity contribution is 8.00. The molecule has 3 rings (SSSR count). The lowest BCUT2D eigenvalue weighted by Gasteiger charge is -2.32. The summed E-state index contributed by atoms with van der Waals surface area (Å²) in [5.41, 5.74) is 1.23. The second kappa shape index (κ2) is 7.87. The summed E-state index contributed by atoms with van der Waals surface area (Å²) in [5.74, 6) is -0.155. The summed E-state index contributed by atoms with van der Waals surface area (Å²) in [7, 11) is 0. The van der Waals surface area contributed by atoms with Crippen molar-refractivity contribution in [2.75, 3.05) is 0 Å². The first-order chi connectivity index (χ1) is 12.5. The first kappa shape index (κ1) is 18.4. The summed E-state index contributed by atoms with van der Waals surface area (Å²) in [5, 5.41) is 24.5. The number of thioether (sulfide) groups is 1. The Hall–Kier alpha value is -2.40. The van der Waals surface area contributed by atoms with Crippen LogP contribution in [0.4, 0.5) is 0 Å². The molecule has 0 aliphatic heterocycles. The maximum absolute atomic E-state index is 12.6. The van der Waals surface area contributed by atoms with Crippen LogP contribution in [0.15, 0.2) is 29.4 Å². The van der Waals surface area contributed by atoms with Crippen LogP contribution in [0, 0.1) is 18.3 Å². The second-order valence-corrected chi connectivity index (χ2v) is 8.02. The third-order valence-corrected chi connectivity index (χ3v) is 5.66. The maximum Gasteiger partial charge on any atom is 0.234 e. The van der Waals surface area contributed by atoms with Crippen molar-refractivity contribution in [1.82, 2.24) is 25.5 Å². The van der Waals surface area contributed by atoms with Crippen LogP contribution in [0.3, 0.4) is 0 Å². The molecule has 136 valence electrons. The highest BCUT2D eigenvalue weighted by Crippen LogP contribution is 2.29. The van der Waals surface area contributed by atoms with Gasteiger partial charge in [-0.2, -0.15) is 9.94 Å². The molecular formula is C18H22N6OS. The number of tetrazole rings is 1. The molecule has 0 spiro atoms. The van der Waals surface area contributed by atoms with Gasteiger partial charge in [-0.15, -0.1) is 5.10 Å². The zero-order chi connectivity index (χ0) is 18.6. The summed E-state index contributed by atoms with van der Waals surface area (Å²) in [6.45, 7) is 3.81. The van der Waals surface area contributed by atoms with Gasteiger partial charge in [-0.25, -0.2) is 0 Å². The van der Waals surface area contributed by atoms with E-state index in [1.165, 1.54) is 11.8 Å². The van der Waals surface area contributed by atoms with Crippen molar-refractivity contribution in [1.29, 1.82) is 5.26 Å². The van der Waals surface area contributed by atoms with E-state index in [-0.39, 0.29) is 5.91 Å². The molecule has 1 aliphatic rings. The van der Waals surface area contributed by atoms with Gasteiger partial charge in [0.2, 0.25) is 11.1 Å². The second-order valence-electron chi connectivity index (χ2n) is 6.72. The number of nitriles is 1. The molecule has 1 heterocycles. The van der Waals surface area contributed by atoms with E-state index in [4.69, 9.17) is 0 Å². The number of hydrogen-bond donors (Lipinski definition) is 1. The molecule has 1 aromatic carbocycles. The summed E-state index contributed by atoms with van der Waals surface area (Å²) < 4.78 is 1.63. The molecule has 26 heavy (non-hydrogen) atoms. The summed E-state index contributed by atoms with van der Waals surface area (Å²) >= 11 is 1.29. The molecule has 0 saturated heterocycles. The lowest BCUT2D eigenvalue weighted by atomic mass is 9.83. The fourth-order valence-electron chi connectivity index (χ4n) is 3.14. The smallest absolute Gasteiger partial charge is 0.234 e. The van der Waals surface area contributed by atoms with Gasteiger partial charge in [-0.1, -0.05) is 43.2 Å². The van der Waals surface area contributed by atoms with Crippen molar-refractivity contribution in [2.24, 2.45) is 0 Å². The molecule has 0 radical (unpaired) electrons. The normalized spacial score (nSPS) is 17.3. The molecule has 0 bridgehead atoms. The maximum atomic E-state index is 12.6. The van der Waals surface area contributed by atoms with E-state index in [2.05, 4.69) is 26.9 Å². The van der Waals surface area contributed by atoms with Crippen molar-refractivity contribution in [3.8, 4) is 11.8 Å². The Labute approximate surface area is 157 Å². The van der Waals surface area contributed by atoms with Gasteiger partial charge in [0.1, 0.15) is 5.54 Å². The van der Waals surface area contributed by atoms with Gasteiger partial charge in [0.05, 0.1) is 17.0 Å². The Morgan fingerprint density at radius 2 is 2.15 bits per heavy atom. The summed E-state index contributed by atoms with van der Waals surface area (Å²) in [6, 6.07) is 10.2. The quantitative estimate of drug-likeness (QED) is 0.813. The average molecular weight is 370 g/mol. The largest absolute Gasteiger partial charge is 0.337 e. The fraction of sp³-hybridized carbons (Fsp3) is 0.500. The Kier molecular flexibility index (Phi) is 5.57. The number of benzene rings is 1. The Morgan fingerprint density at radius 1 is 1.38 bits per heavy atom. The zero-order valence-corrected chi connectivity index (χ0v) is 15.8. The third-order valence-electron chi connectivity index (χ3n) is 4.62. The average Bonchev–Trinajstić information content (AvgIpc) is 3.10. The molecule has 1 aromatic heterocycles. The van der Waals surface area contributed by atoms with Crippen molar-refractivity contribution in [2.45, 2.75) is 61.9 Å². The van der Waals surface area contributed by atoms with E-state index < -0.39 is 10.8 Å². The van der Waals surface area contributed by atoms with Crippen molar-refractivity contribution in [3.05, 3.63) is 29.8 Å². The minimum Gasteiger partial charge on any atom is -0.337 e. The van der Waals surface area contributed by atoms with Crippen LogP contribution in [0.5, 0.6) is 0 Å². The first-order valence-electron chi connectivity index (χ1n) is 8.78. The van der Waals surface area contributed by atoms with Crippen LogP contribution < -0.4 is 5.32 Å². The molecule has 1 aliphatic carbocycles. The Balaban J connectivity index is 1.71. The molecule has 0 unspecified atom stereocenters. The lowest BCUT2D eigenvalue weighted by molar-refractivity contribution is -0.121. The van der Waals surface area contributed by atoms with E-state index in [0.29, 0.717) is 18.0 Å². The number of aromatic nitrogens is 4. The molecule has 8 heteroatoms. The molecule has 1 N–H and O–H groups in total.